The Labute approximate surface area is 120 Å². The molecular formula is C13H22N2O2S2. The third kappa shape index (κ3) is 4.80. The molecule has 1 aromatic rings. The molecule has 0 spiro atoms. The van der Waals surface area contributed by atoms with Gasteiger partial charge in [0, 0.05) is 18.8 Å². The summed E-state index contributed by atoms with van der Waals surface area (Å²) in [6.07, 6.45) is 1.95. The predicted octanol–water partition coefficient (Wildman–Crippen LogP) is 1.75. The number of hydrogen-bond acceptors (Lipinski definition) is 4. The molecule has 2 N–H and O–H groups in total. The maximum absolute atomic E-state index is 12.2. The minimum atomic E-state index is -3.40. The largest absolute Gasteiger partial charge is 0.313 e. The fraction of sp³-hybridized carbons (Fsp3) is 0.538. The number of nitrogens with one attached hydrogen (secondary N) is 2. The third-order valence-electron chi connectivity index (χ3n) is 2.85. The van der Waals surface area contributed by atoms with E-state index in [0.29, 0.717) is 18.0 Å². The van der Waals surface area contributed by atoms with Crippen LogP contribution in [-0.4, -0.2) is 33.5 Å². The number of sulfonamides is 1. The third-order valence-corrected chi connectivity index (χ3v) is 5.07. The van der Waals surface area contributed by atoms with Gasteiger partial charge in [-0.05, 0) is 36.9 Å². The van der Waals surface area contributed by atoms with Crippen LogP contribution in [-0.2, 0) is 16.6 Å². The first kappa shape index (κ1) is 16.5. The molecule has 4 nitrogen and oxygen atoms in total. The molecule has 108 valence electrons. The van der Waals surface area contributed by atoms with Crippen LogP contribution in [0.1, 0.15) is 18.1 Å². The van der Waals surface area contributed by atoms with Crippen molar-refractivity contribution in [1.82, 2.24) is 10.0 Å². The van der Waals surface area contributed by atoms with Gasteiger partial charge in [0.1, 0.15) is 0 Å². The van der Waals surface area contributed by atoms with Gasteiger partial charge in [-0.1, -0.05) is 19.1 Å². The Morgan fingerprint density at radius 2 is 2.05 bits per heavy atom. The van der Waals surface area contributed by atoms with Crippen LogP contribution in [0.3, 0.4) is 0 Å². The van der Waals surface area contributed by atoms with Gasteiger partial charge in [0.15, 0.2) is 0 Å². The lowest BCUT2D eigenvalue weighted by atomic mass is 10.1. The minimum Gasteiger partial charge on any atom is -0.313 e. The second kappa shape index (κ2) is 7.89. The molecule has 0 atom stereocenters. The standard InChI is InChI=1S/C13H22N2O2S2/c1-4-14-10-12-6-5-7-13(11(12)2)19(16,17)15-8-9-18-3/h5-7,14-15H,4,8-10H2,1-3H3. The van der Waals surface area contributed by atoms with E-state index >= 15 is 0 Å². The van der Waals surface area contributed by atoms with Gasteiger partial charge in [-0.3, -0.25) is 0 Å². The highest BCUT2D eigenvalue weighted by Gasteiger charge is 2.17. The molecule has 0 fully saturated rings. The van der Waals surface area contributed by atoms with Crippen molar-refractivity contribution in [3.05, 3.63) is 29.3 Å². The van der Waals surface area contributed by atoms with Crippen LogP contribution in [0.5, 0.6) is 0 Å². The average Bonchev–Trinajstić information content (AvgIpc) is 2.37. The maximum atomic E-state index is 12.2. The summed E-state index contributed by atoms with van der Waals surface area (Å²) < 4.78 is 27.1. The van der Waals surface area contributed by atoms with E-state index in [1.807, 2.05) is 26.2 Å². The monoisotopic (exact) mass is 302 g/mol. The number of benzene rings is 1. The molecule has 0 amide bonds. The molecule has 1 rings (SSSR count). The normalized spacial score (nSPS) is 11.7. The van der Waals surface area contributed by atoms with Crippen LogP contribution in [0, 0.1) is 6.92 Å². The van der Waals surface area contributed by atoms with Crippen molar-refractivity contribution in [2.75, 3.05) is 25.1 Å². The SMILES string of the molecule is CCNCc1cccc(S(=O)(=O)NCCSC)c1C. The van der Waals surface area contributed by atoms with Crippen LogP contribution >= 0.6 is 11.8 Å². The fourth-order valence-corrected chi connectivity index (χ4v) is 3.51. The lowest BCUT2D eigenvalue weighted by Gasteiger charge is -2.12. The zero-order valence-corrected chi connectivity index (χ0v) is 13.3. The smallest absolute Gasteiger partial charge is 0.240 e. The van der Waals surface area contributed by atoms with Gasteiger partial charge in [-0.2, -0.15) is 11.8 Å². The molecule has 0 unspecified atom stereocenters. The van der Waals surface area contributed by atoms with Gasteiger partial charge in [0.05, 0.1) is 4.90 Å². The van der Waals surface area contributed by atoms with E-state index in [1.54, 1.807) is 23.9 Å². The molecule has 19 heavy (non-hydrogen) atoms. The highest BCUT2D eigenvalue weighted by Crippen LogP contribution is 2.18. The van der Waals surface area contributed by atoms with Crippen molar-refractivity contribution in [1.29, 1.82) is 0 Å². The topological polar surface area (TPSA) is 58.2 Å². The zero-order chi connectivity index (χ0) is 14.3. The number of hydrogen-bond donors (Lipinski definition) is 2. The van der Waals surface area contributed by atoms with Crippen LogP contribution in [0.25, 0.3) is 0 Å². The summed E-state index contributed by atoms with van der Waals surface area (Å²) in [5, 5.41) is 3.22. The van der Waals surface area contributed by atoms with Crippen molar-refractivity contribution in [3.8, 4) is 0 Å². The molecule has 0 aliphatic rings. The first-order valence-corrected chi connectivity index (χ1v) is 9.18. The van der Waals surface area contributed by atoms with E-state index in [4.69, 9.17) is 0 Å². The summed E-state index contributed by atoms with van der Waals surface area (Å²) in [4.78, 5) is 0.379. The predicted molar refractivity (Wildman–Crippen MR) is 82.1 cm³/mol. The van der Waals surface area contributed by atoms with Gasteiger partial charge in [0.25, 0.3) is 0 Å². The summed E-state index contributed by atoms with van der Waals surface area (Å²) in [5.74, 6) is 0.773. The number of thioether (sulfide) groups is 1. The van der Waals surface area contributed by atoms with Crippen LogP contribution in [0.2, 0.25) is 0 Å². The highest BCUT2D eigenvalue weighted by molar-refractivity contribution is 7.98. The Balaban J connectivity index is 2.93. The van der Waals surface area contributed by atoms with Gasteiger partial charge < -0.3 is 5.32 Å². The average molecular weight is 302 g/mol. The molecule has 0 aromatic heterocycles. The minimum absolute atomic E-state index is 0.379. The van der Waals surface area contributed by atoms with Crippen molar-refractivity contribution in [2.24, 2.45) is 0 Å². The Hall–Kier alpha value is -0.560. The summed E-state index contributed by atoms with van der Waals surface area (Å²) in [6.45, 7) is 5.90. The van der Waals surface area contributed by atoms with Gasteiger partial charge >= 0.3 is 0 Å². The van der Waals surface area contributed by atoms with Gasteiger partial charge in [-0.15, -0.1) is 0 Å². The maximum Gasteiger partial charge on any atom is 0.240 e. The Bertz CT molecular complexity index is 501. The Morgan fingerprint density at radius 1 is 1.32 bits per heavy atom. The van der Waals surface area contributed by atoms with Crippen LogP contribution in [0.15, 0.2) is 23.1 Å². The quantitative estimate of drug-likeness (QED) is 0.718. The summed E-state index contributed by atoms with van der Waals surface area (Å²) in [6, 6.07) is 5.41. The summed E-state index contributed by atoms with van der Waals surface area (Å²) >= 11 is 1.62. The van der Waals surface area contributed by atoms with Crippen molar-refractivity contribution in [3.63, 3.8) is 0 Å². The van der Waals surface area contributed by atoms with E-state index in [0.717, 1.165) is 23.4 Å². The molecule has 0 heterocycles. The molecule has 0 saturated heterocycles. The Morgan fingerprint density at radius 3 is 2.68 bits per heavy atom. The van der Waals surface area contributed by atoms with Crippen LogP contribution < -0.4 is 10.0 Å². The molecule has 0 saturated carbocycles. The van der Waals surface area contributed by atoms with E-state index in [1.165, 1.54) is 0 Å². The lowest BCUT2D eigenvalue weighted by molar-refractivity contribution is 0.583. The fourth-order valence-electron chi connectivity index (χ4n) is 1.76. The van der Waals surface area contributed by atoms with E-state index in [9.17, 15) is 8.42 Å². The van der Waals surface area contributed by atoms with Crippen molar-refractivity contribution >= 4 is 21.8 Å². The zero-order valence-electron chi connectivity index (χ0n) is 11.7. The molecule has 1 aromatic carbocycles. The summed E-state index contributed by atoms with van der Waals surface area (Å²) in [5.41, 5.74) is 1.84. The lowest BCUT2D eigenvalue weighted by Crippen LogP contribution is -2.27. The first-order chi connectivity index (χ1) is 9.03. The van der Waals surface area contributed by atoms with Crippen LogP contribution in [0.4, 0.5) is 0 Å². The second-order valence-electron chi connectivity index (χ2n) is 4.21. The van der Waals surface area contributed by atoms with Crippen molar-refractivity contribution in [2.45, 2.75) is 25.3 Å². The highest BCUT2D eigenvalue weighted by atomic mass is 32.2. The molecule has 0 aliphatic heterocycles. The van der Waals surface area contributed by atoms with E-state index < -0.39 is 10.0 Å². The molecule has 0 aliphatic carbocycles. The van der Waals surface area contributed by atoms with Gasteiger partial charge in [-0.25, -0.2) is 13.1 Å². The second-order valence-corrected chi connectivity index (χ2v) is 6.93. The Kier molecular flexibility index (Phi) is 6.85. The first-order valence-electron chi connectivity index (χ1n) is 6.30. The summed E-state index contributed by atoms with van der Waals surface area (Å²) in [7, 11) is -3.40. The number of rotatable bonds is 8. The van der Waals surface area contributed by atoms with Gasteiger partial charge in [0.2, 0.25) is 10.0 Å². The van der Waals surface area contributed by atoms with Crippen molar-refractivity contribution < 1.29 is 8.42 Å². The molecule has 0 bridgehead atoms. The molecule has 0 radical (unpaired) electrons. The van der Waals surface area contributed by atoms with E-state index in [2.05, 4.69) is 10.0 Å². The van der Waals surface area contributed by atoms with E-state index in [-0.39, 0.29) is 0 Å². The molecular weight excluding hydrogens is 280 g/mol. The molecule has 6 heteroatoms.